The van der Waals surface area contributed by atoms with E-state index in [0.29, 0.717) is 6.04 Å². The normalized spacial score (nSPS) is 22.0. The van der Waals surface area contributed by atoms with Crippen LogP contribution < -0.4 is 5.73 Å². The summed E-state index contributed by atoms with van der Waals surface area (Å²) in [7, 11) is 4.14. The zero-order valence-corrected chi connectivity index (χ0v) is 11.7. The molecule has 1 aliphatic heterocycles. The fourth-order valence-electron chi connectivity index (χ4n) is 2.65. The van der Waals surface area contributed by atoms with Crippen molar-refractivity contribution in [1.29, 1.82) is 0 Å². The fraction of sp³-hybridized carbons (Fsp3) is 0.769. The number of nitrogens with zero attached hydrogens (tertiary/aromatic N) is 4. The van der Waals surface area contributed by atoms with E-state index < -0.39 is 0 Å². The summed E-state index contributed by atoms with van der Waals surface area (Å²) in [6.45, 7) is 6.57. The van der Waals surface area contributed by atoms with Gasteiger partial charge in [-0.15, -0.1) is 0 Å². The molecule has 102 valence electrons. The van der Waals surface area contributed by atoms with E-state index in [4.69, 9.17) is 5.73 Å². The maximum Gasteiger partial charge on any atom is 0.0538 e. The minimum Gasteiger partial charge on any atom is -0.326 e. The highest BCUT2D eigenvalue weighted by atomic mass is 15.3. The van der Waals surface area contributed by atoms with Gasteiger partial charge in [0.2, 0.25) is 0 Å². The zero-order chi connectivity index (χ0) is 13.1. The van der Waals surface area contributed by atoms with Crippen LogP contribution in [0.2, 0.25) is 0 Å². The topological polar surface area (TPSA) is 50.3 Å². The van der Waals surface area contributed by atoms with Crippen molar-refractivity contribution in [3.05, 3.63) is 18.0 Å². The summed E-state index contributed by atoms with van der Waals surface area (Å²) >= 11 is 0. The molecule has 18 heavy (non-hydrogen) atoms. The molecule has 1 aromatic rings. The molecule has 1 saturated heterocycles. The van der Waals surface area contributed by atoms with Crippen LogP contribution in [0.15, 0.2) is 12.4 Å². The zero-order valence-electron chi connectivity index (χ0n) is 11.7. The molecular formula is C13H25N5. The van der Waals surface area contributed by atoms with Crippen molar-refractivity contribution in [3.63, 3.8) is 0 Å². The molecular weight excluding hydrogens is 226 g/mol. The molecule has 2 rings (SSSR count). The molecule has 1 fully saturated rings. The highest BCUT2D eigenvalue weighted by molar-refractivity contribution is 5.13. The first-order chi connectivity index (χ1) is 8.61. The highest BCUT2D eigenvalue weighted by Gasteiger charge is 2.28. The number of rotatable bonds is 4. The van der Waals surface area contributed by atoms with Gasteiger partial charge in [-0.3, -0.25) is 9.58 Å². The summed E-state index contributed by atoms with van der Waals surface area (Å²) in [5, 5.41) is 4.29. The molecule has 0 aromatic carbocycles. The summed E-state index contributed by atoms with van der Waals surface area (Å²) in [4.78, 5) is 4.87. The third-order valence-electron chi connectivity index (χ3n) is 3.87. The summed E-state index contributed by atoms with van der Waals surface area (Å²) < 4.78 is 1.86. The SMILES string of the molecule is CCC(N)C(c1cnn(C)c1)N1CCN(C)CC1. The Morgan fingerprint density at radius 1 is 1.28 bits per heavy atom. The largest absolute Gasteiger partial charge is 0.326 e. The molecule has 2 N–H and O–H groups in total. The molecule has 2 atom stereocenters. The van der Waals surface area contributed by atoms with Crippen molar-refractivity contribution in [2.45, 2.75) is 25.4 Å². The third kappa shape index (κ3) is 2.91. The number of hydrogen-bond donors (Lipinski definition) is 1. The van der Waals surface area contributed by atoms with Crippen molar-refractivity contribution in [2.75, 3.05) is 33.2 Å². The van der Waals surface area contributed by atoms with E-state index in [0.717, 1.165) is 32.6 Å². The van der Waals surface area contributed by atoms with Crippen molar-refractivity contribution in [3.8, 4) is 0 Å². The fourth-order valence-corrected chi connectivity index (χ4v) is 2.65. The standard InChI is InChI=1S/C13H25N5/c1-4-12(14)13(11-9-15-17(3)10-11)18-7-5-16(2)6-8-18/h9-10,12-13H,4-8,14H2,1-3H3. The van der Waals surface area contributed by atoms with E-state index >= 15 is 0 Å². The predicted molar refractivity (Wildman–Crippen MR) is 73.3 cm³/mol. The molecule has 2 heterocycles. The Kier molecular flexibility index (Phi) is 4.37. The van der Waals surface area contributed by atoms with E-state index in [9.17, 15) is 0 Å². The molecule has 0 saturated carbocycles. The summed E-state index contributed by atoms with van der Waals surface area (Å²) in [6.07, 6.45) is 5.04. The van der Waals surface area contributed by atoms with Gasteiger partial charge in [-0.05, 0) is 13.5 Å². The number of likely N-dealkylation sites (N-methyl/N-ethyl adjacent to an activating group) is 1. The maximum absolute atomic E-state index is 6.33. The van der Waals surface area contributed by atoms with Crippen LogP contribution >= 0.6 is 0 Å². The van der Waals surface area contributed by atoms with Crippen LogP contribution in [0.3, 0.4) is 0 Å². The van der Waals surface area contributed by atoms with E-state index in [1.165, 1.54) is 5.56 Å². The van der Waals surface area contributed by atoms with Gasteiger partial charge in [0.1, 0.15) is 0 Å². The number of piperazine rings is 1. The van der Waals surface area contributed by atoms with Crippen LogP contribution in [0.4, 0.5) is 0 Å². The van der Waals surface area contributed by atoms with Crippen LogP contribution in [0, 0.1) is 0 Å². The van der Waals surface area contributed by atoms with E-state index in [2.05, 4.69) is 35.1 Å². The van der Waals surface area contributed by atoms with Crippen LogP contribution in [-0.2, 0) is 7.05 Å². The van der Waals surface area contributed by atoms with E-state index in [1.54, 1.807) is 0 Å². The van der Waals surface area contributed by atoms with Gasteiger partial charge >= 0.3 is 0 Å². The summed E-state index contributed by atoms with van der Waals surface area (Å²) in [6, 6.07) is 0.481. The summed E-state index contributed by atoms with van der Waals surface area (Å²) in [5.74, 6) is 0. The average molecular weight is 251 g/mol. The van der Waals surface area contributed by atoms with Crippen LogP contribution in [0.25, 0.3) is 0 Å². The minimum absolute atomic E-state index is 0.178. The Morgan fingerprint density at radius 2 is 1.94 bits per heavy atom. The quantitative estimate of drug-likeness (QED) is 0.844. The molecule has 5 nitrogen and oxygen atoms in total. The van der Waals surface area contributed by atoms with Crippen molar-refractivity contribution < 1.29 is 0 Å². The average Bonchev–Trinajstić information content (AvgIpc) is 2.78. The maximum atomic E-state index is 6.33. The Morgan fingerprint density at radius 3 is 2.44 bits per heavy atom. The molecule has 0 radical (unpaired) electrons. The first-order valence-corrected chi connectivity index (χ1v) is 6.78. The predicted octanol–water partition coefficient (Wildman–Crippen LogP) is 0.446. The molecule has 1 aromatic heterocycles. The van der Waals surface area contributed by atoms with Gasteiger partial charge < -0.3 is 10.6 Å². The Hall–Kier alpha value is -0.910. The lowest BCUT2D eigenvalue weighted by Gasteiger charge is -2.40. The number of aryl methyl sites for hydroxylation is 1. The number of hydrogen-bond acceptors (Lipinski definition) is 4. The highest BCUT2D eigenvalue weighted by Crippen LogP contribution is 2.25. The van der Waals surface area contributed by atoms with Gasteiger partial charge in [-0.1, -0.05) is 6.92 Å². The van der Waals surface area contributed by atoms with Gasteiger partial charge in [0.05, 0.1) is 12.2 Å². The Balaban J connectivity index is 2.15. The van der Waals surface area contributed by atoms with E-state index in [1.807, 2.05) is 17.9 Å². The van der Waals surface area contributed by atoms with Crippen molar-refractivity contribution in [2.24, 2.45) is 12.8 Å². The number of nitrogens with two attached hydrogens (primary N) is 1. The van der Waals surface area contributed by atoms with Gasteiger partial charge in [-0.2, -0.15) is 5.10 Å². The third-order valence-corrected chi connectivity index (χ3v) is 3.87. The smallest absolute Gasteiger partial charge is 0.0538 e. The lowest BCUT2D eigenvalue weighted by Crippen LogP contribution is -2.50. The molecule has 2 unspecified atom stereocenters. The number of aromatic nitrogens is 2. The first kappa shape index (κ1) is 13.5. The monoisotopic (exact) mass is 251 g/mol. The minimum atomic E-state index is 0.178. The summed E-state index contributed by atoms with van der Waals surface area (Å²) in [5.41, 5.74) is 7.58. The Bertz CT molecular complexity index is 367. The van der Waals surface area contributed by atoms with Crippen LogP contribution in [0.1, 0.15) is 24.9 Å². The van der Waals surface area contributed by atoms with Gasteiger partial charge in [0, 0.05) is 51.0 Å². The molecule has 1 aliphatic rings. The lowest BCUT2D eigenvalue weighted by atomic mass is 9.98. The van der Waals surface area contributed by atoms with Crippen molar-refractivity contribution >= 4 is 0 Å². The van der Waals surface area contributed by atoms with Gasteiger partial charge in [0.15, 0.2) is 0 Å². The Labute approximate surface area is 110 Å². The van der Waals surface area contributed by atoms with Crippen LogP contribution in [0.5, 0.6) is 0 Å². The van der Waals surface area contributed by atoms with Crippen LogP contribution in [-0.4, -0.2) is 58.8 Å². The molecule has 0 spiro atoms. The molecule has 0 amide bonds. The van der Waals surface area contributed by atoms with E-state index in [-0.39, 0.29) is 6.04 Å². The van der Waals surface area contributed by atoms with Gasteiger partial charge in [-0.25, -0.2) is 0 Å². The lowest BCUT2D eigenvalue weighted by molar-refractivity contribution is 0.0969. The first-order valence-electron chi connectivity index (χ1n) is 6.78. The molecule has 0 aliphatic carbocycles. The molecule has 0 bridgehead atoms. The van der Waals surface area contributed by atoms with Crippen molar-refractivity contribution in [1.82, 2.24) is 19.6 Å². The molecule has 5 heteroatoms. The second-order valence-electron chi connectivity index (χ2n) is 5.30. The second kappa shape index (κ2) is 5.82. The second-order valence-corrected chi connectivity index (χ2v) is 5.30. The van der Waals surface area contributed by atoms with Gasteiger partial charge in [0.25, 0.3) is 0 Å².